The van der Waals surface area contributed by atoms with Gasteiger partial charge in [0.2, 0.25) is 0 Å². The van der Waals surface area contributed by atoms with Crippen LogP contribution in [-0.2, 0) is 20.1 Å². The molecule has 2 aromatic rings. The van der Waals surface area contributed by atoms with Crippen molar-refractivity contribution in [3.8, 4) is 0 Å². The summed E-state index contributed by atoms with van der Waals surface area (Å²) in [6.07, 6.45) is 0. The summed E-state index contributed by atoms with van der Waals surface area (Å²) < 4.78 is 2.33. The van der Waals surface area contributed by atoms with E-state index in [0.29, 0.717) is 0 Å². The van der Waals surface area contributed by atoms with Gasteiger partial charge in [0, 0.05) is 36.7 Å². The molecule has 0 atom stereocenters. The molecule has 0 fully saturated rings. The molecule has 3 rings (SSSR count). The molecule has 0 saturated carbocycles. The number of benzene rings is 1. The van der Waals surface area contributed by atoms with E-state index in [4.69, 9.17) is 0 Å². The molecular formula is C12H14N2. The number of para-hydroxylation sites is 1. The van der Waals surface area contributed by atoms with Crippen LogP contribution in [0.15, 0.2) is 24.3 Å². The van der Waals surface area contributed by atoms with Crippen LogP contribution in [0.25, 0.3) is 10.9 Å². The number of hydrogen-bond donors (Lipinski definition) is 0. The molecule has 0 N–H and O–H groups in total. The van der Waals surface area contributed by atoms with Crippen LogP contribution in [0.1, 0.15) is 11.3 Å². The summed E-state index contributed by atoms with van der Waals surface area (Å²) in [5, 5.41) is 1.43. The van der Waals surface area contributed by atoms with Crippen molar-refractivity contribution in [3.63, 3.8) is 0 Å². The Morgan fingerprint density at radius 1 is 1.07 bits per heavy atom. The average molecular weight is 186 g/mol. The SMILES string of the molecule is CN1Cc2c(n(C)c3ccccc23)C1. The van der Waals surface area contributed by atoms with E-state index < -0.39 is 0 Å². The van der Waals surface area contributed by atoms with Crippen LogP contribution in [0, 0.1) is 0 Å². The Bertz CT molecular complexity index is 496. The van der Waals surface area contributed by atoms with E-state index in [1.165, 1.54) is 22.2 Å². The van der Waals surface area contributed by atoms with Crippen molar-refractivity contribution in [2.45, 2.75) is 13.1 Å². The Morgan fingerprint density at radius 2 is 1.86 bits per heavy atom. The van der Waals surface area contributed by atoms with E-state index >= 15 is 0 Å². The predicted molar refractivity (Wildman–Crippen MR) is 58.1 cm³/mol. The van der Waals surface area contributed by atoms with E-state index in [1.807, 2.05) is 0 Å². The fourth-order valence-corrected chi connectivity index (χ4v) is 2.48. The van der Waals surface area contributed by atoms with Gasteiger partial charge in [-0.25, -0.2) is 0 Å². The molecule has 1 aromatic heterocycles. The highest BCUT2D eigenvalue weighted by Crippen LogP contribution is 2.31. The fourth-order valence-electron chi connectivity index (χ4n) is 2.48. The van der Waals surface area contributed by atoms with Gasteiger partial charge in [0.15, 0.2) is 0 Å². The third-order valence-electron chi connectivity index (χ3n) is 3.19. The second kappa shape index (κ2) is 2.61. The molecule has 2 heterocycles. The quantitative estimate of drug-likeness (QED) is 0.612. The molecule has 72 valence electrons. The molecular weight excluding hydrogens is 172 g/mol. The summed E-state index contributed by atoms with van der Waals surface area (Å²) in [6, 6.07) is 8.67. The Balaban J connectivity index is 2.38. The largest absolute Gasteiger partial charge is 0.346 e. The number of nitrogens with zero attached hydrogens (tertiary/aromatic N) is 2. The van der Waals surface area contributed by atoms with E-state index in [9.17, 15) is 0 Å². The van der Waals surface area contributed by atoms with Crippen molar-refractivity contribution in [1.29, 1.82) is 0 Å². The first-order valence-electron chi connectivity index (χ1n) is 5.01. The number of aryl methyl sites for hydroxylation is 1. The maximum absolute atomic E-state index is 2.36. The van der Waals surface area contributed by atoms with Crippen LogP contribution in [0.3, 0.4) is 0 Å². The summed E-state index contributed by atoms with van der Waals surface area (Å²) in [6.45, 7) is 2.18. The highest BCUT2D eigenvalue weighted by Gasteiger charge is 2.22. The summed E-state index contributed by atoms with van der Waals surface area (Å²) in [5.41, 5.74) is 4.37. The van der Waals surface area contributed by atoms with Crippen LogP contribution >= 0.6 is 0 Å². The Hall–Kier alpha value is -1.28. The third-order valence-corrected chi connectivity index (χ3v) is 3.19. The molecule has 0 aliphatic carbocycles. The molecule has 0 saturated heterocycles. The van der Waals surface area contributed by atoms with Gasteiger partial charge < -0.3 is 4.57 Å². The number of rotatable bonds is 0. The lowest BCUT2D eigenvalue weighted by atomic mass is 10.1. The fraction of sp³-hybridized carbons (Fsp3) is 0.333. The summed E-state index contributed by atoms with van der Waals surface area (Å²) in [5.74, 6) is 0. The van der Waals surface area contributed by atoms with Crippen LogP contribution in [0.2, 0.25) is 0 Å². The Kier molecular flexibility index (Phi) is 1.50. The minimum absolute atomic E-state index is 1.08. The Labute approximate surface area is 83.7 Å². The first-order chi connectivity index (χ1) is 6.77. The molecule has 0 unspecified atom stereocenters. The first-order valence-corrected chi connectivity index (χ1v) is 5.01. The van der Waals surface area contributed by atoms with Crippen molar-refractivity contribution < 1.29 is 0 Å². The second-order valence-electron chi connectivity index (χ2n) is 4.17. The zero-order valence-corrected chi connectivity index (χ0v) is 8.62. The van der Waals surface area contributed by atoms with Gasteiger partial charge in [0.1, 0.15) is 0 Å². The first kappa shape index (κ1) is 8.06. The molecule has 1 aliphatic heterocycles. The maximum Gasteiger partial charge on any atom is 0.0483 e. The normalized spacial score (nSPS) is 16.4. The molecule has 2 nitrogen and oxygen atoms in total. The molecule has 14 heavy (non-hydrogen) atoms. The molecule has 0 radical (unpaired) electrons. The highest BCUT2D eigenvalue weighted by atomic mass is 15.2. The number of hydrogen-bond acceptors (Lipinski definition) is 1. The van der Waals surface area contributed by atoms with E-state index in [2.05, 4.69) is 47.8 Å². The number of aromatic nitrogens is 1. The smallest absolute Gasteiger partial charge is 0.0483 e. The predicted octanol–water partition coefficient (Wildman–Crippen LogP) is 2.12. The van der Waals surface area contributed by atoms with Crippen LogP contribution in [-0.4, -0.2) is 16.5 Å². The van der Waals surface area contributed by atoms with Gasteiger partial charge in [0.25, 0.3) is 0 Å². The average Bonchev–Trinajstić information content (AvgIpc) is 2.68. The molecule has 0 spiro atoms. The summed E-state index contributed by atoms with van der Waals surface area (Å²) in [7, 11) is 4.34. The lowest BCUT2D eigenvalue weighted by molar-refractivity contribution is 0.348. The van der Waals surface area contributed by atoms with E-state index in [-0.39, 0.29) is 0 Å². The minimum atomic E-state index is 1.08. The van der Waals surface area contributed by atoms with Gasteiger partial charge >= 0.3 is 0 Å². The summed E-state index contributed by atoms with van der Waals surface area (Å²) >= 11 is 0. The minimum Gasteiger partial charge on any atom is -0.346 e. The number of fused-ring (bicyclic) bond motifs is 3. The third kappa shape index (κ3) is 0.891. The molecule has 0 bridgehead atoms. The van der Waals surface area contributed by atoms with Gasteiger partial charge in [-0.3, -0.25) is 4.90 Å². The van der Waals surface area contributed by atoms with Crippen molar-refractivity contribution in [2.24, 2.45) is 7.05 Å². The standard InChI is InChI=1S/C12H14N2/c1-13-7-10-9-5-3-4-6-11(9)14(2)12(10)8-13/h3-6H,7-8H2,1-2H3. The molecule has 1 aliphatic rings. The maximum atomic E-state index is 2.36. The van der Waals surface area contributed by atoms with E-state index in [1.54, 1.807) is 0 Å². The van der Waals surface area contributed by atoms with Crippen molar-refractivity contribution in [3.05, 3.63) is 35.5 Å². The second-order valence-corrected chi connectivity index (χ2v) is 4.17. The van der Waals surface area contributed by atoms with Crippen LogP contribution < -0.4 is 0 Å². The molecule has 0 amide bonds. The van der Waals surface area contributed by atoms with Gasteiger partial charge in [-0.2, -0.15) is 0 Å². The van der Waals surface area contributed by atoms with E-state index in [0.717, 1.165) is 13.1 Å². The monoisotopic (exact) mass is 186 g/mol. The van der Waals surface area contributed by atoms with Gasteiger partial charge in [0.05, 0.1) is 0 Å². The zero-order chi connectivity index (χ0) is 9.71. The highest BCUT2D eigenvalue weighted by molar-refractivity contribution is 5.85. The van der Waals surface area contributed by atoms with Crippen LogP contribution in [0.5, 0.6) is 0 Å². The van der Waals surface area contributed by atoms with Crippen molar-refractivity contribution in [2.75, 3.05) is 7.05 Å². The lowest BCUT2D eigenvalue weighted by Gasteiger charge is -2.07. The Morgan fingerprint density at radius 3 is 2.71 bits per heavy atom. The molecule has 1 aromatic carbocycles. The van der Waals surface area contributed by atoms with Crippen LogP contribution in [0.4, 0.5) is 0 Å². The lowest BCUT2D eigenvalue weighted by Crippen LogP contribution is -2.10. The zero-order valence-electron chi connectivity index (χ0n) is 8.62. The molecule has 2 heteroatoms. The van der Waals surface area contributed by atoms with Gasteiger partial charge in [-0.05, 0) is 18.7 Å². The van der Waals surface area contributed by atoms with Gasteiger partial charge in [-0.1, -0.05) is 18.2 Å². The topological polar surface area (TPSA) is 8.17 Å². The van der Waals surface area contributed by atoms with Crippen molar-refractivity contribution in [1.82, 2.24) is 9.47 Å². The van der Waals surface area contributed by atoms with Gasteiger partial charge in [-0.15, -0.1) is 0 Å². The summed E-state index contributed by atoms with van der Waals surface area (Å²) in [4.78, 5) is 2.36. The van der Waals surface area contributed by atoms with Crippen molar-refractivity contribution >= 4 is 10.9 Å².